The maximum atomic E-state index is 12.4. The number of amides is 1. The maximum absolute atomic E-state index is 12.4. The molecule has 3 rings (SSSR count). The second-order valence-corrected chi connectivity index (χ2v) is 5.45. The fourth-order valence-electron chi connectivity index (χ4n) is 2.80. The highest BCUT2D eigenvalue weighted by molar-refractivity contribution is 6.04. The van der Waals surface area contributed by atoms with Crippen LogP contribution in [0.2, 0.25) is 0 Å². The number of benzene rings is 1. The van der Waals surface area contributed by atoms with Crippen molar-refractivity contribution in [2.75, 3.05) is 20.2 Å². The van der Waals surface area contributed by atoms with Crippen LogP contribution < -0.4 is 4.74 Å². The minimum absolute atomic E-state index is 0.0661. The van der Waals surface area contributed by atoms with Gasteiger partial charge in [-0.1, -0.05) is 17.3 Å². The van der Waals surface area contributed by atoms with E-state index in [1.807, 2.05) is 29.2 Å². The van der Waals surface area contributed by atoms with E-state index in [0.717, 1.165) is 43.0 Å². The number of hydrogen-bond donors (Lipinski definition) is 0. The van der Waals surface area contributed by atoms with Crippen LogP contribution >= 0.6 is 0 Å². The lowest BCUT2D eigenvalue weighted by Gasteiger charge is -2.28. The summed E-state index contributed by atoms with van der Waals surface area (Å²) >= 11 is 0. The first-order valence-electron chi connectivity index (χ1n) is 7.44. The lowest BCUT2D eigenvalue weighted by Crippen LogP contribution is -2.42. The van der Waals surface area contributed by atoms with E-state index in [1.165, 1.54) is 6.42 Å². The van der Waals surface area contributed by atoms with Crippen LogP contribution in [0.4, 0.5) is 0 Å². The second-order valence-electron chi connectivity index (χ2n) is 5.45. The Hall–Kier alpha value is -2.04. The van der Waals surface area contributed by atoms with Crippen LogP contribution in [0.15, 0.2) is 29.4 Å². The van der Waals surface area contributed by atoms with E-state index in [4.69, 9.17) is 9.57 Å². The third-order valence-corrected chi connectivity index (χ3v) is 4.02. The van der Waals surface area contributed by atoms with Gasteiger partial charge in [0, 0.05) is 25.1 Å². The molecule has 0 saturated carbocycles. The van der Waals surface area contributed by atoms with Crippen molar-refractivity contribution in [1.29, 1.82) is 0 Å². The number of hydrogen-bond acceptors (Lipinski definition) is 4. The van der Waals surface area contributed by atoms with Crippen LogP contribution in [0.3, 0.4) is 0 Å². The van der Waals surface area contributed by atoms with Crippen LogP contribution in [0.5, 0.6) is 5.75 Å². The number of nitrogens with zero attached hydrogens (tertiary/aromatic N) is 2. The van der Waals surface area contributed by atoms with Crippen molar-refractivity contribution < 1.29 is 14.4 Å². The van der Waals surface area contributed by atoms with Crippen LogP contribution in [-0.4, -0.2) is 42.8 Å². The molecule has 112 valence electrons. The van der Waals surface area contributed by atoms with E-state index in [1.54, 1.807) is 7.11 Å². The Morgan fingerprint density at radius 3 is 2.90 bits per heavy atom. The molecule has 0 N–H and O–H groups in total. The number of likely N-dealkylation sites (tertiary alicyclic amines) is 1. The minimum Gasteiger partial charge on any atom is -0.497 e. The molecule has 0 aromatic heterocycles. The lowest BCUT2D eigenvalue weighted by molar-refractivity contribution is -0.143. The van der Waals surface area contributed by atoms with E-state index in [2.05, 4.69) is 5.16 Å². The summed E-state index contributed by atoms with van der Waals surface area (Å²) in [5.41, 5.74) is 1.76. The van der Waals surface area contributed by atoms with Crippen LogP contribution in [0.25, 0.3) is 0 Å². The lowest BCUT2D eigenvalue weighted by atomic mass is 10.0. The molecular weight excluding hydrogens is 268 g/mol. The van der Waals surface area contributed by atoms with Gasteiger partial charge in [0.05, 0.1) is 12.8 Å². The van der Waals surface area contributed by atoms with Gasteiger partial charge in [-0.3, -0.25) is 4.79 Å². The summed E-state index contributed by atoms with van der Waals surface area (Å²) in [4.78, 5) is 19.7. The third kappa shape index (κ3) is 3.01. The summed E-state index contributed by atoms with van der Waals surface area (Å²) in [5, 5.41) is 4.09. The average Bonchev–Trinajstić information content (AvgIpc) is 3.05. The number of carbonyl (C=O) groups excluding carboxylic acids is 1. The van der Waals surface area contributed by atoms with Crippen LogP contribution in [0.1, 0.15) is 31.2 Å². The molecular formula is C16H20N2O3. The van der Waals surface area contributed by atoms with E-state index >= 15 is 0 Å². The van der Waals surface area contributed by atoms with Crippen molar-refractivity contribution in [1.82, 2.24) is 4.90 Å². The number of oxime groups is 1. The third-order valence-electron chi connectivity index (χ3n) is 4.02. The fourth-order valence-corrected chi connectivity index (χ4v) is 2.80. The first-order valence-corrected chi connectivity index (χ1v) is 7.44. The summed E-state index contributed by atoms with van der Waals surface area (Å²) in [6.45, 7) is 1.68. The SMILES string of the molecule is COc1cccc(C2=NO[C@H](C(=O)N3CCCCC3)C2)c1. The quantitative estimate of drug-likeness (QED) is 0.856. The predicted octanol–water partition coefficient (Wildman–Crippen LogP) is 2.20. The Morgan fingerprint density at radius 1 is 1.33 bits per heavy atom. The normalized spacial score (nSPS) is 21.7. The van der Waals surface area contributed by atoms with E-state index < -0.39 is 6.10 Å². The molecule has 0 unspecified atom stereocenters. The first-order chi connectivity index (χ1) is 10.3. The van der Waals surface area contributed by atoms with Crippen molar-refractivity contribution in [3.63, 3.8) is 0 Å². The highest BCUT2D eigenvalue weighted by Gasteiger charge is 2.32. The number of piperidine rings is 1. The molecule has 2 aliphatic heterocycles. The summed E-state index contributed by atoms with van der Waals surface area (Å²) < 4.78 is 5.21. The zero-order valence-electron chi connectivity index (χ0n) is 12.2. The molecule has 1 atom stereocenters. The average molecular weight is 288 g/mol. The van der Waals surface area contributed by atoms with Gasteiger partial charge in [0.2, 0.25) is 6.10 Å². The maximum Gasteiger partial charge on any atom is 0.266 e. The second kappa shape index (κ2) is 6.16. The van der Waals surface area contributed by atoms with Gasteiger partial charge in [0.15, 0.2) is 0 Å². The van der Waals surface area contributed by atoms with Gasteiger partial charge in [0.25, 0.3) is 5.91 Å². The topological polar surface area (TPSA) is 51.1 Å². The molecule has 0 spiro atoms. The molecule has 0 radical (unpaired) electrons. The Kier molecular flexibility index (Phi) is 4.08. The minimum atomic E-state index is -0.468. The van der Waals surface area contributed by atoms with Gasteiger partial charge < -0.3 is 14.5 Å². The molecule has 5 nitrogen and oxygen atoms in total. The van der Waals surface area contributed by atoms with Gasteiger partial charge in [-0.05, 0) is 31.4 Å². The monoisotopic (exact) mass is 288 g/mol. The molecule has 21 heavy (non-hydrogen) atoms. The van der Waals surface area contributed by atoms with Gasteiger partial charge in [-0.25, -0.2) is 0 Å². The summed E-state index contributed by atoms with van der Waals surface area (Å²) in [7, 11) is 1.63. The summed E-state index contributed by atoms with van der Waals surface area (Å²) in [6, 6.07) is 7.67. The van der Waals surface area contributed by atoms with Crippen molar-refractivity contribution in [3.05, 3.63) is 29.8 Å². The number of rotatable bonds is 3. The molecule has 1 aromatic carbocycles. The number of methoxy groups -OCH3 is 1. The van der Waals surface area contributed by atoms with E-state index in [-0.39, 0.29) is 5.91 Å². The van der Waals surface area contributed by atoms with E-state index in [0.29, 0.717) is 6.42 Å². The molecule has 1 saturated heterocycles. The van der Waals surface area contributed by atoms with Crippen molar-refractivity contribution >= 4 is 11.6 Å². The molecule has 5 heteroatoms. The highest BCUT2D eigenvalue weighted by Crippen LogP contribution is 2.22. The molecule has 1 amide bonds. The number of carbonyl (C=O) groups is 1. The summed E-state index contributed by atoms with van der Waals surface area (Å²) in [5.74, 6) is 0.845. The predicted molar refractivity (Wildman–Crippen MR) is 79.5 cm³/mol. The van der Waals surface area contributed by atoms with Crippen molar-refractivity contribution in [2.24, 2.45) is 5.16 Å². The Balaban J connectivity index is 1.65. The highest BCUT2D eigenvalue weighted by atomic mass is 16.6. The van der Waals surface area contributed by atoms with Gasteiger partial charge in [0.1, 0.15) is 5.75 Å². The molecule has 1 fully saturated rings. The van der Waals surface area contributed by atoms with E-state index in [9.17, 15) is 4.79 Å². The first kappa shape index (κ1) is 13.9. The Bertz CT molecular complexity index is 550. The summed E-state index contributed by atoms with van der Waals surface area (Å²) in [6.07, 6.45) is 3.44. The van der Waals surface area contributed by atoms with Crippen molar-refractivity contribution in [3.8, 4) is 5.75 Å². The van der Waals surface area contributed by atoms with Crippen LogP contribution in [0, 0.1) is 0 Å². The standard InChI is InChI=1S/C16H20N2O3/c1-20-13-7-5-6-12(10-13)14-11-15(21-17-14)16(19)18-8-3-2-4-9-18/h5-7,10,15H,2-4,8-9,11H2,1H3/t15-/m0/s1. The Morgan fingerprint density at radius 2 is 2.14 bits per heavy atom. The molecule has 0 bridgehead atoms. The zero-order chi connectivity index (χ0) is 14.7. The van der Waals surface area contributed by atoms with Crippen LogP contribution in [-0.2, 0) is 9.63 Å². The zero-order valence-corrected chi connectivity index (χ0v) is 12.2. The largest absolute Gasteiger partial charge is 0.497 e. The number of ether oxygens (including phenoxy) is 1. The molecule has 1 aromatic rings. The molecule has 2 aliphatic rings. The van der Waals surface area contributed by atoms with Gasteiger partial charge in [-0.2, -0.15) is 0 Å². The molecule has 2 heterocycles. The smallest absolute Gasteiger partial charge is 0.266 e. The fraction of sp³-hybridized carbons (Fsp3) is 0.500. The van der Waals surface area contributed by atoms with Gasteiger partial charge in [-0.15, -0.1) is 0 Å². The van der Waals surface area contributed by atoms with Crippen molar-refractivity contribution in [2.45, 2.75) is 31.8 Å². The molecule has 0 aliphatic carbocycles. The van der Waals surface area contributed by atoms with Gasteiger partial charge >= 0.3 is 0 Å². The Labute approximate surface area is 124 Å².